The molecule has 0 saturated carbocycles. The maximum atomic E-state index is 14.2. The molecular weight excluding hydrogens is 263 g/mol. The fraction of sp³-hybridized carbons (Fsp3) is 0.667. The second kappa shape index (κ2) is 7.79. The maximum Gasteiger partial charge on any atom is 0.129 e. The van der Waals surface area contributed by atoms with E-state index in [1.165, 1.54) is 19.3 Å². The summed E-state index contributed by atoms with van der Waals surface area (Å²) in [5, 5.41) is 3.38. The molecule has 1 aliphatic heterocycles. The van der Waals surface area contributed by atoms with Gasteiger partial charge in [-0.05, 0) is 43.4 Å². The molecule has 0 spiro atoms. The first-order chi connectivity index (χ1) is 10.1. The van der Waals surface area contributed by atoms with Gasteiger partial charge in [0.2, 0.25) is 0 Å². The summed E-state index contributed by atoms with van der Waals surface area (Å²) in [7, 11) is 0. The van der Waals surface area contributed by atoms with E-state index >= 15 is 0 Å². The molecule has 1 aromatic carbocycles. The Hall–Kier alpha value is -1.09. The van der Waals surface area contributed by atoms with E-state index in [0.29, 0.717) is 12.5 Å². The van der Waals surface area contributed by atoms with Crippen molar-refractivity contribution in [3.8, 4) is 0 Å². The number of anilines is 1. The van der Waals surface area contributed by atoms with E-state index in [0.717, 1.165) is 36.8 Å². The predicted octanol–water partition coefficient (Wildman–Crippen LogP) is 4.20. The van der Waals surface area contributed by atoms with Gasteiger partial charge in [-0.15, -0.1) is 0 Å². The Labute approximate surface area is 128 Å². The molecule has 0 bridgehead atoms. The number of halogens is 1. The molecule has 21 heavy (non-hydrogen) atoms. The number of piperidine rings is 1. The van der Waals surface area contributed by atoms with Crippen molar-refractivity contribution in [1.29, 1.82) is 0 Å². The molecule has 0 aliphatic carbocycles. The van der Waals surface area contributed by atoms with Gasteiger partial charge in [0.25, 0.3) is 0 Å². The SMILES string of the molecule is CCC1CCCN(c2cccc(F)c2CNCC(C)C)C1. The molecule has 1 saturated heterocycles. The summed E-state index contributed by atoms with van der Waals surface area (Å²) in [4.78, 5) is 2.38. The summed E-state index contributed by atoms with van der Waals surface area (Å²) in [5.41, 5.74) is 1.92. The van der Waals surface area contributed by atoms with Crippen LogP contribution in [-0.4, -0.2) is 19.6 Å². The van der Waals surface area contributed by atoms with Crippen LogP contribution in [0.25, 0.3) is 0 Å². The third-order valence-corrected chi connectivity index (χ3v) is 4.39. The number of hydrogen-bond donors (Lipinski definition) is 1. The van der Waals surface area contributed by atoms with Crippen LogP contribution in [0.1, 0.15) is 45.6 Å². The van der Waals surface area contributed by atoms with Crippen LogP contribution in [0.3, 0.4) is 0 Å². The van der Waals surface area contributed by atoms with E-state index in [4.69, 9.17) is 0 Å². The summed E-state index contributed by atoms with van der Waals surface area (Å²) in [5.74, 6) is 1.25. The lowest BCUT2D eigenvalue weighted by Crippen LogP contribution is -2.36. The van der Waals surface area contributed by atoms with Crippen molar-refractivity contribution < 1.29 is 4.39 Å². The number of hydrogen-bond acceptors (Lipinski definition) is 2. The topological polar surface area (TPSA) is 15.3 Å². The zero-order valence-corrected chi connectivity index (χ0v) is 13.7. The van der Waals surface area contributed by atoms with Gasteiger partial charge in [-0.1, -0.05) is 33.3 Å². The van der Waals surface area contributed by atoms with Crippen LogP contribution in [0.2, 0.25) is 0 Å². The Morgan fingerprint density at radius 1 is 1.38 bits per heavy atom. The van der Waals surface area contributed by atoms with E-state index in [1.807, 2.05) is 6.07 Å². The van der Waals surface area contributed by atoms with Crippen molar-refractivity contribution in [2.75, 3.05) is 24.5 Å². The smallest absolute Gasteiger partial charge is 0.129 e. The fourth-order valence-corrected chi connectivity index (χ4v) is 3.12. The molecule has 2 nitrogen and oxygen atoms in total. The molecule has 1 heterocycles. The molecule has 1 unspecified atom stereocenters. The lowest BCUT2D eigenvalue weighted by molar-refractivity contribution is 0.403. The third-order valence-electron chi connectivity index (χ3n) is 4.39. The third kappa shape index (κ3) is 4.44. The van der Waals surface area contributed by atoms with Gasteiger partial charge in [0.15, 0.2) is 0 Å². The lowest BCUT2D eigenvalue weighted by Gasteiger charge is -2.35. The van der Waals surface area contributed by atoms with Crippen molar-refractivity contribution in [3.63, 3.8) is 0 Å². The van der Waals surface area contributed by atoms with E-state index < -0.39 is 0 Å². The van der Waals surface area contributed by atoms with E-state index in [1.54, 1.807) is 6.07 Å². The van der Waals surface area contributed by atoms with Crippen molar-refractivity contribution in [3.05, 3.63) is 29.6 Å². The van der Waals surface area contributed by atoms with Gasteiger partial charge < -0.3 is 10.2 Å². The number of rotatable bonds is 6. The fourth-order valence-electron chi connectivity index (χ4n) is 3.12. The first-order valence-corrected chi connectivity index (χ1v) is 8.34. The van der Waals surface area contributed by atoms with Crippen LogP contribution < -0.4 is 10.2 Å². The van der Waals surface area contributed by atoms with Crippen molar-refractivity contribution in [1.82, 2.24) is 5.32 Å². The highest BCUT2D eigenvalue weighted by molar-refractivity contribution is 5.54. The molecular formula is C18H29FN2. The van der Waals surface area contributed by atoms with Gasteiger partial charge in [0, 0.05) is 30.9 Å². The molecule has 2 rings (SSSR count). The van der Waals surface area contributed by atoms with Crippen LogP contribution in [0.15, 0.2) is 18.2 Å². The monoisotopic (exact) mass is 292 g/mol. The molecule has 1 aromatic rings. The van der Waals surface area contributed by atoms with E-state index in [2.05, 4.69) is 37.1 Å². The Morgan fingerprint density at radius 3 is 2.90 bits per heavy atom. The number of benzene rings is 1. The second-order valence-corrected chi connectivity index (χ2v) is 6.62. The van der Waals surface area contributed by atoms with Crippen molar-refractivity contribution in [2.24, 2.45) is 11.8 Å². The molecule has 1 aliphatic rings. The number of nitrogens with one attached hydrogen (secondary N) is 1. The Bertz CT molecular complexity index is 445. The van der Waals surface area contributed by atoms with Gasteiger partial charge in [0.05, 0.1) is 0 Å². The summed E-state index contributed by atoms with van der Waals surface area (Å²) in [6.45, 7) is 10.3. The van der Waals surface area contributed by atoms with Gasteiger partial charge in [-0.3, -0.25) is 0 Å². The van der Waals surface area contributed by atoms with Crippen molar-refractivity contribution in [2.45, 2.75) is 46.6 Å². The maximum absolute atomic E-state index is 14.2. The minimum atomic E-state index is -0.0811. The van der Waals surface area contributed by atoms with E-state index in [-0.39, 0.29) is 5.82 Å². The Morgan fingerprint density at radius 2 is 2.19 bits per heavy atom. The molecule has 0 amide bonds. The van der Waals surface area contributed by atoms with Gasteiger partial charge in [0.1, 0.15) is 5.82 Å². The number of nitrogens with zero attached hydrogens (tertiary/aromatic N) is 1. The molecule has 0 aromatic heterocycles. The average molecular weight is 292 g/mol. The van der Waals surface area contributed by atoms with Crippen LogP contribution in [-0.2, 0) is 6.54 Å². The Balaban J connectivity index is 2.12. The van der Waals surface area contributed by atoms with Crippen LogP contribution in [0.4, 0.5) is 10.1 Å². The molecule has 1 N–H and O–H groups in total. The van der Waals surface area contributed by atoms with Gasteiger partial charge >= 0.3 is 0 Å². The first-order valence-electron chi connectivity index (χ1n) is 8.34. The van der Waals surface area contributed by atoms with Gasteiger partial charge in [-0.25, -0.2) is 4.39 Å². The molecule has 1 atom stereocenters. The average Bonchev–Trinajstić information content (AvgIpc) is 2.48. The molecule has 1 fully saturated rings. The zero-order valence-electron chi connectivity index (χ0n) is 13.7. The molecule has 3 heteroatoms. The first kappa shape index (κ1) is 16.3. The predicted molar refractivity (Wildman–Crippen MR) is 88.2 cm³/mol. The highest BCUT2D eigenvalue weighted by Gasteiger charge is 2.21. The van der Waals surface area contributed by atoms with Crippen LogP contribution in [0.5, 0.6) is 0 Å². The Kier molecular flexibility index (Phi) is 6.04. The highest BCUT2D eigenvalue weighted by Crippen LogP contribution is 2.29. The summed E-state index contributed by atoms with van der Waals surface area (Å²) >= 11 is 0. The second-order valence-electron chi connectivity index (χ2n) is 6.62. The summed E-state index contributed by atoms with van der Waals surface area (Å²) in [6, 6.07) is 5.50. The molecule has 0 radical (unpaired) electrons. The molecule has 118 valence electrons. The summed E-state index contributed by atoms with van der Waals surface area (Å²) in [6.07, 6.45) is 3.74. The van der Waals surface area contributed by atoms with Crippen LogP contribution in [0, 0.1) is 17.7 Å². The highest BCUT2D eigenvalue weighted by atomic mass is 19.1. The van der Waals surface area contributed by atoms with Crippen molar-refractivity contribution >= 4 is 5.69 Å². The summed E-state index contributed by atoms with van der Waals surface area (Å²) < 4.78 is 14.2. The standard InChI is InChI=1S/C18H29FN2/c1-4-15-7-6-10-21(13-15)18-9-5-8-17(19)16(18)12-20-11-14(2)3/h5,8-9,14-15,20H,4,6-7,10-13H2,1-3H3. The van der Waals surface area contributed by atoms with E-state index in [9.17, 15) is 4.39 Å². The van der Waals surface area contributed by atoms with Gasteiger partial charge in [-0.2, -0.15) is 0 Å². The van der Waals surface area contributed by atoms with Crippen LogP contribution >= 0.6 is 0 Å². The minimum Gasteiger partial charge on any atom is -0.371 e. The minimum absolute atomic E-state index is 0.0811. The lowest BCUT2D eigenvalue weighted by atomic mass is 9.94. The largest absolute Gasteiger partial charge is 0.371 e. The quantitative estimate of drug-likeness (QED) is 0.845. The zero-order chi connectivity index (χ0) is 15.2. The normalized spacial score (nSPS) is 19.3.